The number of hydrogen-bond donors (Lipinski definition) is 1. The first kappa shape index (κ1) is 19.7. The average molecular weight is 390 g/mol. The van der Waals surface area contributed by atoms with Gasteiger partial charge in [-0.05, 0) is 18.1 Å². The molecule has 0 atom stereocenters. The molecular formula is C19H27N5O2S. The number of rotatable bonds is 8. The summed E-state index contributed by atoms with van der Waals surface area (Å²) < 4.78 is 7.62. The van der Waals surface area contributed by atoms with Crippen molar-refractivity contribution in [1.29, 1.82) is 0 Å². The predicted octanol–water partition coefficient (Wildman–Crippen LogP) is 2.89. The van der Waals surface area contributed by atoms with E-state index in [1.54, 1.807) is 11.8 Å². The fourth-order valence-corrected chi connectivity index (χ4v) is 3.77. The van der Waals surface area contributed by atoms with Crippen molar-refractivity contribution in [1.82, 2.24) is 14.8 Å². The van der Waals surface area contributed by atoms with Gasteiger partial charge in [-0.3, -0.25) is 9.36 Å². The predicted molar refractivity (Wildman–Crippen MR) is 108 cm³/mol. The fraction of sp³-hybridized carbons (Fsp3) is 0.526. The van der Waals surface area contributed by atoms with Crippen molar-refractivity contribution in [3.8, 4) is 0 Å². The van der Waals surface area contributed by atoms with Crippen molar-refractivity contribution in [2.24, 2.45) is 5.92 Å². The van der Waals surface area contributed by atoms with Gasteiger partial charge in [0.05, 0.1) is 13.2 Å². The van der Waals surface area contributed by atoms with Crippen LogP contribution in [0.2, 0.25) is 0 Å². The summed E-state index contributed by atoms with van der Waals surface area (Å²) in [5.74, 6) is 2.07. The van der Waals surface area contributed by atoms with Crippen LogP contribution in [0.15, 0.2) is 35.5 Å². The summed E-state index contributed by atoms with van der Waals surface area (Å²) in [6.45, 7) is 8.34. The highest BCUT2D eigenvalue weighted by atomic mass is 32.2. The van der Waals surface area contributed by atoms with Crippen LogP contribution in [0.25, 0.3) is 0 Å². The molecule has 1 amide bonds. The van der Waals surface area contributed by atoms with Gasteiger partial charge in [-0.1, -0.05) is 43.8 Å². The molecule has 3 rings (SSSR count). The van der Waals surface area contributed by atoms with E-state index < -0.39 is 0 Å². The number of aromatic nitrogens is 3. The van der Waals surface area contributed by atoms with Gasteiger partial charge in [-0.2, -0.15) is 0 Å². The van der Waals surface area contributed by atoms with Crippen molar-refractivity contribution in [2.75, 3.05) is 42.3 Å². The molecule has 0 spiro atoms. The molecule has 1 aromatic carbocycles. The van der Waals surface area contributed by atoms with E-state index in [-0.39, 0.29) is 5.91 Å². The van der Waals surface area contributed by atoms with Gasteiger partial charge in [0, 0.05) is 37.5 Å². The molecule has 0 bridgehead atoms. The lowest BCUT2D eigenvalue weighted by molar-refractivity contribution is -0.115. The molecule has 1 N–H and O–H groups in total. The van der Waals surface area contributed by atoms with Gasteiger partial charge in [0.15, 0.2) is 5.16 Å². The molecule has 1 aliphatic heterocycles. The minimum Gasteiger partial charge on any atom is -0.378 e. The maximum atomic E-state index is 12.1. The van der Waals surface area contributed by atoms with E-state index in [0.717, 1.165) is 49.6 Å². The molecule has 2 aromatic rings. The van der Waals surface area contributed by atoms with Crippen LogP contribution in [-0.2, 0) is 16.1 Å². The Balaban J connectivity index is 1.58. The summed E-state index contributed by atoms with van der Waals surface area (Å²) in [4.78, 5) is 14.4. The van der Waals surface area contributed by atoms with Gasteiger partial charge in [0.2, 0.25) is 11.9 Å². The smallest absolute Gasteiger partial charge is 0.228 e. The Labute approximate surface area is 164 Å². The van der Waals surface area contributed by atoms with E-state index >= 15 is 0 Å². The van der Waals surface area contributed by atoms with Gasteiger partial charge in [0.25, 0.3) is 0 Å². The Morgan fingerprint density at radius 3 is 2.67 bits per heavy atom. The number of nitrogens with one attached hydrogen (secondary N) is 1. The number of ether oxygens (including phenoxy) is 1. The zero-order valence-corrected chi connectivity index (χ0v) is 16.7. The Morgan fingerprint density at radius 2 is 1.96 bits per heavy atom. The van der Waals surface area contributed by atoms with Gasteiger partial charge >= 0.3 is 0 Å². The third-order valence-corrected chi connectivity index (χ3v) is 5.13. The Morgan fingerprint density at radius 1 is 1.22 bits per heavy atom. The summed E-state index contributed by atoms with van der Waals surface area (Å²) in [7, 11) is 0. The van der Waals surface area contributed by atoms with Gasteiger partial charge in [-0.15, -0.1) is 10.2 Å². The SMILES string of the molecule is CC(C)Cn1c(SCCC(=O)Nc2ccccc2)nnc1N1CCOCC1. The van der Waals surface area contributed by atoms with Crippen molar-refractivity contribution in [2.45, 2.75) is 32.0 Å². The summed E-state index contributed by atoms with van der Waals surface area (Å²) in [5.41, 5.74) is 0.824. The van der Waals surface area contributed by atoms with Crippen LogP contribution in [0.4, 0.5) is 11.6 Å². The monoisotopic (exact) mass is 389 g/mol. The molecule has 7 nitrogen and oxygen atoms in total. The number of carbonyl (C=O) groups excluding carboxylic acids is 1. The number of anilines is 2. The van der Waals surface area contributed by atoms with Crippen molar-refractivity contribution in [3.63, 3.8) is 0 Å². The lowest BCUT2D eigenvalue weighted by atomic mass is 10.2. The normalized spacial score (nSPS) is 14.6. The number of morpholine rings is 1. The Bertz CT molecular complexity index is 729. The maximum absolute atomic E-state index is 12.1. The number of hydrogen-bond acceptors (Lipinski definition) is 6. The highest BCUT2D eigenvalue weighted by Crippen LogP contribution is 2.24. The van der Waals surface area contributed by atoms with E-state index in [9.17, 15) is 4.79 Å². The van der Waals surface area contributed by atoms with Crippen LogP contribution in [-0.4, -0.2) is 52.7 Å². The zero-order chi connectivity index (χ0) is 19.1. The second-order valence-electron chi connectivity index (χ2n) is 6.90. The van der Waals surface area contributed by atoms with Gasteiger partial charge in [-0.25, -0.2) is 0 Å². The van der Waals surface area contributed by atoms with Crippen molar-refractivity contribution in [3.05, 3.63) is 30.3 Å². The number of thioether (sulfide) groups is 1. The van der Waals surface area contributed by atoms with E-state index in [2.05, 4.69) is 38.8 Å². The second kappa shape index (κ2) is 9.75. The van der Waals surface area contributed by atoms with Crippen molar-refractivity contribution < 1.29 is 9.53 Å². The van der Waals surface area contributed by atoms with Gasteiger partial charge in [0.1, 0.15) is 0 Å². The van der Waals surface area contributed by atoms with Crippen molar-refractivity contribution >= 4 is 29.3 Å². The highest BCUT2D eigenvalue weighted by Gasteiger charge is 2.21. The first-order valence-electron chi connectivity index (χ1n) is 9.37. The van der Waals surface area contributed by atoms with Crippen LogP contribution in [0.1, 0.15) is 20.3 Å². The molecule has 146 valence electrons. The summed E-state index contributed by atoms with van der Waals surface area (Å²) in [5, 5.41) is 12.6. The molecule has 1 saturated heterocycles. The molecule has 0 aliphatic carbocycles. The summed E-state index contributed by atoms with van der Waals surface area (Å²) >= 11 is 1.58. The third-order valence-electron chi connectivity index (χ3n) is 4.16. The maximum Gasteiger partial charge on any atom is 0.228 e. The topological polar surface area (TPSA) is 72.3 Å². The minimum absolute atomic E-state index is 0.0111. The molecule has 0 saturated carbocycles. The van der Waals surface area contributed by atoms with E-state index in [1.165, 1.54) is 0 Å². The first-order chi connectivity index (χ1) is 13.1. The van der Waals surface area contributed by atoms with Crippen LogP contribution in [0.3, 0.4) is 0 Å². The van der Waals surface area contributed by atoms with E-state index in [1.807, 2.05) is 30.3 Å². The average Bonchev–Trinajstić information content (AvgIpc) is 3.05. The van der Waals surface area contributed by atoms with Crippen LogP contribution in [0, 0.1) is 5.92 Å². The summed E-state index contributed by atoms with van der Waals surface area (Å²) in [6, 6.07) is 9.52. The minimum atomic E-state index is 0.0111. The third kappa shape index (κ3) is 5.71. The highest BCUT2D eigenvalue weighted by molar-refractivity contribution is 7.99. The Hall–Kier alpha value is -2.06. The van der Waals surface area contributed by atoms with Crippen LogP contribution in [0.5, 0.6) is 0 Å². The molecule has 2 heterocycles. The van der Waals surface area contributed by atoms with Gasteiger partial charge < -0.3 is 15.0 Å². The van der Waals surface area contributed by atoms with Crippen LogP contribution < -0.4 is 10.2 Å². The second-order valence-corrected chi connectivity index (χ2v) is 7.96. The Kier molecular flexibility index (Phi) is 7.11. The van der Waals surface area contributed by atoms with E-state index in [0.29, 0.717) is 18.1 Å². The quantitative estimate of drug-likeness (QED) is 0.700. The molecule has 0 radical (unpaired) electrons. The number of nitrogens with zero attached hydrogens (tertiary/aromatic N) is 4. The van der Waals surface area contributed by atoms with Crippen LogP contribution >= 0.6 is 11.8 Å². The molecule has 8 heteroatoms. The lowest BCUT2D eigenvalue weighted by Crippen LogP contribution is -2.38. The standard InChI is InChI=1S/C19H27N5O2S/c1-15(2)14-24-18(23-9-11-26-12-10-23)21-22-19(24)27-13-8-17(25)20-16-6-4-3-5-7-16/h3-7,15H,8-14H2,1-2H3,(H,20,25). The largest absolute Gasteiger partial charge is 0.378 e. The molecule has 27 heavy (non-hydrogen) atoms. The number of benzene rings is 1. The van der Waals surface area contributed by atoms with E-state index in [4.69, 9.17) is 4.74 Å². The molecular weight excluding hydrogens is 362 g/mol. The number of carbonyl (C=O) groups is 1. The molecule has 1 aliphatic rings. The first-order valence-corrected chi connectivity index (χ1v) is 10.4. The fourth-order valence-electron chi connectivity index (χ4n) is 2.89. The number of amides is 1. The molecule has 0 unspecified atom stereocenters. The zero-order valence-electron chi connectivity index (χ0n) is 15.9. The molecule has 1 fully saturated rings. The molecule has 1 aromatic heterocycles. The lowest BCUT2D eigenvalue weighted by Gasteiger charge is -2.28. The number of para-hydroxylation sites is 1. The summed E-state index contributed by atoms with van der Waals surface area (Å²) in [6.07, 6.45) is 0.432.